The molecule has 0 saturated carbocycles. The Bertz CT molecular complexity index is 451. The van der Waals surface area contributed by atoms with Crippen molar-refractivity contribution in [2.45, 2.75) is 59.4 Å². The van der Waals surface area contributed by atoms with Crippen LogP contribution in [0.1, 0.15) is 57.1 Å². The maximum atomic E-state index is 12.3. The summed E-state index contributed by atoms with van der Waals surface area (Å²) in [4.78, 5) is 12.3. The number of allylic oxidation sites excluding steroid dienone is 2. The van der Waals surface area contributed by atoms with E-state index in [1.807, 2.05) is 19.1 Å². The maximum absolute atomic E-state index is 12.3. The van der Waals surface area contributed by atoms with Gasteiger partial charge in [0, 0.05) is 12.5 Å². The van der Waals surface area contributed by atoms with Crippen LogP contribution in [0, 0.1) is 12.8 Å². The highest BCUT2D eigenvalue weighted by Crippen LogP contribution is 2.15. The molecule has 0 saturated heterocycles. The Kier molecular flexibility index (Phi) is 8.49. The number of nitrogens with one attached hydrogen (secondary N) is 1. The summed E-state index contributed by atoms with van der Waals surface area (Å²) >= 11 is 0. The Hall–Kier alpha value is -1.57. The molecule has 2 heteroatoms. The van der Waals surface area contributed by atoms with E-state index >= 15 is 0 Å². The number of amides is 1. The quantitative estimate of drug-likeness (QED) is 0.514. The van der Waals surface area contributed by atoms with Crippen LogP contribution in [-0.4, -0.2) is 5.91 Å². The molecular weight excluding hydrogens is 258 g/mol. The van der Waals surface area contributed by atoms with Crippen LogP contribution < -0.4 is 5.32 Å². The smallest absolute Gasteiger partial charge is 0.223 e. The van der Waals surface area contributed by atoms with E-state index in [4.69, 9.17) is 0 Å². The lowest BCUT2D eigenvalue weighted by molar-refractivity contribution is -0.125. The van der Waals surface area contributed by atoms with Crippen molar-refractivity contribution in [3.8, 4) is 0 Å². The van der Waals surface area contributed by atoms with E-state index in [-0.39, 0.29) is 11.8 Å². The molecule has 0 heterocycles. The topological polar surface area (TPSA) is 29.1 Å². The van der Waals surface area contributed by atoms with E-state index in [1.165, 1.54) is 17.5 Å². The fourth-order valence-corrected chi connectivity index (χ4v) is 2.48. The number of rotatable bonds is 9. The van der Waals surface area contributed by atoms with Gasteiger partial charge in [0.15, 0.2) is 0 Å². The Labute approximate surface area is 129 Å². The highest BCUT2D eigenvalue weighted by Gasteiger charge is 2.15. The molecule has 21 heavy (non-hydrogen) atoms. The van der Waals surface area contributed by atoms with Crippen molar-refractivity contribution in [3.05, 3.63) is 47.5 Å². The van der Waals surface area contributed by atoms with E-state index in [9.17, 15) is 4.79 Å². The third-order valence-electron chi connectivity index (χ3n) is 3.99. The second-order valence-electron chi connectivity index (χ2n) is 5.60. The molecule has 116 valence electrons. The first kappa shape index (κ1) is 17.5. The molecule has 0 aliphatic carbocycles. The van der Waals surface area contributed by atoms with Crippen LogP contribution in [0.5, 0.6) is 0 Å². The summed E-state index contributed by atoms with van der Waals surface area (Å²) in [5, 5.41) is 3.09. The summed E-state index contributed by atoms with van der Waals surface area (Å²) in [6, 6.07) is 8.21. The summed E-state index contributed by atoms with van der Waals surface area (Å²) < 4.78 is 0. The normalized spacial score (nSPS) is 12.5. The Morgan fingerprint density at radius 1 is 1.29 bits per heavy atom. The molecule has 1 unspecified atom stereocenters. The van der Waals surface area contributed by atoms with E-state index in [0.29, 0.717) is 6.54 Å². The zero-order chi connectivity index (χ0) is 15.5. The van der Waals surface area contributed by atoms with Gasteiger partial charge < -0.3 is 5.32 Å². The summed E-state index contributed by atoms with van der Waals surface area (Å²) in [5.74, 6) is 0.353. The maximum Gasteiger partial charge on any atom is 0.223 e. The second-order valence-corrected chi connectivity index (χ2v) is 5.60. The van der Waals surface area contributed by atoms with Gasteiger partial charge in [-0.1, -0.05) is 49.8 Å². The number of carbonyl (C=O) groups excluding carboxylic acids is 1. The fourth-order valence-electron chi connectivity index (χ4n) is 2.48. The first-order chi connectivity index (χ1) is 10.2. The van der Waals surface area contributed by atoms with E-state index in [2.05, 4.69) is 43.4 Å². The standard InChI is InChI=1S/C19H29NO/c1-4-6-7-8-9-13-17(5-2)19(21)20-15-18-14-11-10-12-16(18)3/h4,6,10-12,14,17H,5,7-9,13,15H2,1-3H3,(H,20,21). The number of hydrogen-bond acceptors (Lipinski definition) is 1. The molecule has 0 radical (unpaired) electrons. The van der Waals surface area contributed by atoms with Crippen molar-refractivity contribution in [2.24, 2.45) is 5.92 Å². The Morgan fingerprint density at radius 3 is 2.71 bits per heavy atom. The summed E-state index contributed by atoms with van der Waals surface area (Å²) in [6.07, 6.45) is 9.62. The molecule has 1 aromatic rings. The van der Waals surface area contributed by atoms with Crippen LogP contribution in [0.4, 0.5) is 0 Å². The van der Waals surface area contributed by atoms with E-state index in [0.717, 1.165) is 25.7 Å². The lowest BCUT2D eigenvalue weighted by atomic mass is 9.97. The number of unbranched alkanes of at least 4 members (excludes halogenated alkanes) is 2. The molecule has 1 amide bonds. The predicted octanol–water partition coefficient (Wildman–Crippen LogP) is 4.77. The minimum absolute atomic E-state index is 0.152. The lowest BCUT2D eigenvalue weighted by Gasteiger charge is -2.15. The average Bonchev–Trinajstić information content (AvgIpc) is 2.50. The molecule has 0 aliphatic heterocycles. The zero-order valence-corrected chi connectivity index (χ0v) is 13.7. The largest absolute Gasteiger partial charge is 0.352 e. The Morgan fingerprint density at radius 2 is 2.05 bits per heavy atom. The van der Waals surface area contributed by atoms with Gasteiger partial charge in [-0.15, -0.1) is 0 Å². The van der Waals surface area contributed by atoms with Crippen LogP contribution in [-0.2, 0) is 11.3 Å². The zero-order valence-electron chi connectivity index (χ0n) is 13.7. The molecule has 0 bridgehead atoms. The van der Waals surface area contributed by atoms with Gasteiger partial charge >= 0.3 is 0 Å². The third kappa shape index (κ3) is 6.61. The number of aryl methyl sites for hydroxylation is 1. The van der Waals surface area contributed by atoms with Gasteiger partial charge in [0.05, 0.1) is 0 Å². The molecule has 1 N–H and O–H groups in total. The summed E-state index contributed by atoms with van der Waals surface area (Å²) in [6.45, 7) is 6.87. The van der Waals surface area contributed by atoms with Gasteiger partial charge in [0.25, 0.3) is 0 Å². The highest BCUT2D eigenvalue weighted by molar-refractivity contribution is 5.78. The molecule has 2 nitrogen and oxygen atoms in total. The van der Waals surface area contributed by atoms with Gasteiger partial charge in [-0.25, -0.2) is 0 Å². The SMILES string of the molecule is CC=CCCCCC(CC)C(=O)NCc1ccccc1C. The lowest BCUT2D eigenvalue weighted by Crippen LogP contribution is -2.30. The average molecular weight is 287 g/mol. The fraction of sp³-hybridized carbons (Fsp3) is 0.526. The van der Waals surface area contributed by atoms with Crippen molar-refractivity contribution in [2.75, 3.05) is 0 Å². The van der Waals surface area contributed by atoms with Gasteiger partial charge in [-0.05, 0) is 50.7 Å². The molecule has 0 fully saturated rings. The molecular formula is C19H29NO. The van der Waals surface area contributed by atoms with Crippen molar-refractivity contribution in [3.63, 3.8) is 0 Å². The minimum Gasteiger partial charge on any atom is -0.352 e. The van der Waals surface area contributed by atoms with Crippen LogP contribution >= 0.6 is 0 Å². The van der Waals surface area contributed by atoms with Gasteiger partial charge in [0.1, 0.15) is 0 Å². The van der Waals surface area contributed by atoms with Crippen LogP contribution in [0.3, 0.4) is 0 Å². The van der Waals surface area contributed by atoms with Gasteiger partial charge in [0.2, 0.25) is 5.91 Å². The number of benzene rings is 1. The van der Waals surface area contributed by atoms with E-state index < -0.39 is 0 Å². The first-order valence-corrected chi connectivity index (χ1v) is 8.12. The predicted molar refractivity (Wildman–Crippen MR) is 90.1 cm³/mol. The number of carbonyl (C=O) groups is 1. The Balaban J connectivity index is 2.35. The molecule has 0 aromatic heterocycles. The van der Waals surface area contributed by atoms with Crippen LogP contribution in [0.15, 0.2) is 36.4 Å². The van der Waals surface area contributed by atoms with Crippen molar-refractivity contribution < 1.29 is 4.79 Å². The molecule has 0 aliphatic rings. The van der Waals surface area contributed by atoms with E-state index in [1.54, 1.807) is 0 Å². The molecule has 1 rings (SSSR count). The highest BCUT2D eigenvalue weighted by atomic mass is 16.1. The molecule has 0 spiro atoms. The van der Waals surface area contributed by atoms with Crippen molar-refractivity contribution in [1.29, 1.82) is 0 Å². The summed E-state index contributed by atoms with van der Waals surface area (Å²) in [5.41, 5.74) is 2.44. The van der Waals surface area contributed by atoms with Crippen molar-refractivity contribution >= 4 is 5.91 Å². The first-order valence-electron chi connectivity index (χ1n) is 8.12. The minimum atomic E-state index is 0.152. The number of hydrogen-bond donors (Lipinski definition) is 1. The molecule has 1 aromatic carbocycles. The molecule has 1 atom stereocenters. The second kappa shape index (κ2) is 10.2. The van der Waals surface area contributed by atoms with Gasteiger partial charge in [-0.3, -0.25) is 4.79 Å². The summed E-state index contributed by atoms with van der Waals surface area (Å²) in [7, 11) is 0. The van der Waals surface area contributed by atoms with Gasteiger partial charge in [-0.2, -0.15) is 0 Å². The monoisotopic (exact) mass is 287 g/mol. The third-order valence-corrected chi connectivity index (χ3v) is 3.99. The van der Waals surface area contributed by atoms with Crippen LogP contribution in [0.2, 0.25) is 0 Å². The van der Waals surface area contributed by atoms with Crippen molar-refractivity contribution in [1.82, 2.24) is 5.32 Å². The van der Waals surface area contributed by atoms with Crippen LogP contribution in [0.25, 0.3) is 0 Å².